The Morgan fingerprint density at radius 1 is 1.15 bits per heavy atom. The van der Waals surface area contributed by atoms with Gasteiger partial charge in [0, 0.05) is 26.7 Å². The Balaban J connectivity index is 4.90. The Bertz CT molecular complexity index is 265. The number of unbranched alkanes of at least 4 members (excludes halogenated alkanes) is 2. The molecule has 0 amide bonds. The molecule has 0 aromatic carbocycles. The highest BCUT2D eigenvalue weighted by Crippen LogP contribution is 2.22. The Morgan fingerprint density at radius 2 is 1.70 bits per heavy atom. The molecule has 0 saturated carbocycles. The smallest absolute Gasteiger partial charge is 0.458 e. The van der Waals surface area contributed by atoms with Crippen molar-refractivity contribution in [2.45, 2.75) is 45.3 Å². The van der Waals surface area contributed by atoms with Crippen molar-refractivity contribution in [3.8, 4) is 0 Å². The molecular weight excluding hydrogens is 344 g/mol. The topological polar surface area (TPSA) is 54.0 Å². The lowest BCUT2D eigenvalue weighted by Gasteiger charge is -2.32. The van der Waals surface area contributed by atoms with E-state index in [0.29, 0.717) is 11.8 Å². The highest BCUT2D eigenvalue weighted by Gasteiger charge is 2.50. The fraction of sp³-hybridized carbons (Fsp3) is 0.923. The second-order valence-electron chi connectivity index (χ2n) is 4.69. The molecule has 0 aromatic heterocycles. The molecule has 0 heterocycles. The molecule has 120 valence electrons. The van der Waals surface area contributed by atoms with Gasteiger partial charge >= 0.3 is 14.8 Å². The first kappa shape index (κ1) is 20.0. The minimum Gasteiger partial charge on any atom is -0.458 e. The first-order chi connectivity index (χ1) is 9.51. The maximum atomic E-state index is 12.0. The molecule has 0 fully saturated rings. The quantitative estimate of drug-likeness (QED) is 0.242. The number of carbonyl (C=O) groups excluding carboxylic acids is 1. The summed E-state index contributed by atoms with van der Waals surface area (Å²) < 4.78 is 22.0. The maximum Gasteiger partial charge on any atom is 0.543 e. The summed E-state index contributed by atoms with van der Waals surface area (Å²) >= 11 is 3.29. The van der Waals surface area contributed by atoms with E-state index in [2.05, 4.69) is 22.9 Å². The molecule has 2 unspecified atom stereocenters. The zero-order chi connectivity index (χ0) is 15.6. The van der Waals surface area contributed by atoms with Gasteiger partial charge in [0.05, 0.1) is 5.92 Å². The largest absolute Gasteiger partial charge is 0.543 e. The van der Waals surface area contributed by atoms with Crippen LogP contribution in [0.1, 0.15) is 39.5 Å². The van der Waals surface area contributed by atoms with Crippen LogP contribution in [0.3, 0.4) is 0 Å². The lowest BCUT2D eigenvalue weighted by molar-refractivity contribution is -0.152. The third-order valence-corrected chi connectivity index (χ3v) is 7.08. The monoisotopic (exact) mass is 370 g/mol. The molecule has 0 saturated heterocycles. The predicted molar refractivity (Wildman–Crippen MR) is 83.8 cm³/mol. The number of hydrogen-bond acceptors (Lipinski definition) is 5. The van der Waals surface area contributed by atoms with E-state index in [1.165, 1.54) is 21.3 Å². The lowest BCUT2D eigenvalue weighted by atomic mass is 10.2. The number of alkyl halides is 1. The van der Waals surface area contributed by atoms with Gasteiger partial charge in [-0.2, -0.15) is 0 Å². The van der Waals surface area contributed by atoms with Crippen LogP contribution >= 0.6 is 15.9 Å². The van der Waals surface area contributed by atoms with Crippen LogP contribution < -0.4 is 0 Å². The summed E-state index contributed by atoms with van der Waals surface area (Å²) in [5.41, 5.74) is -0.456. The number of esters is 1. The van der Waals surface area contributed by atoms with E-state index in [1.807, 2.05) is 6.92 Å². The molecule has 0 bridgehead atoms. The van der Waals surface area contributed by atoms with Crippen LogP contribution in [0.4, 0.5) is 0 Å². The molecule has 0 aliphatic heterocycles. The summed E-state index contributed by atoms with van der Waals surface area (Å²) in [6, 6.07) is 0. The third kappa shape index (κ3) is 5.81. The van der Waals surface area contributed by atoms with Gasteiger partial charge < -0.3 is 18.0 Å². The fourth-order valence-corrected chi connectivity index (χ4v) is 4.22. The van der Waals surface area contributed by atoms with Crippen molar-refractivity contribution >= 4 is 30.7 Å². The van der Waals surface area contributed by atoms with Gasteiger partial charge in [-0.15, -0.1) is 0 Å². The number of halogens is 1. The molecule has 2 atom stereocenters. The standard InChI is InChI=1S/C13H27BrO5Si/c1-6-7-8-9-12(19-13(15)11(2)10-14)20(16-3,17-4)18-5/h11-12H,6-10H2,1-5H3. The van der Waals surface area contributed by atoms with Gasteiger partial charge in [-0.05, 0) is 12.8 Å². The lowest BCUT2D eigenvalue weighted by Crippen LogP contribution is -2.56. The zero-order valence-corrected chi connectivity index (χ0v) is 15.7. The van der Waals surface area contributed by atoms with Gasteiger partial charge in [0.25, 0.3) is 0 Å². The summed E-state index contributed by atoms with van der Waals surface area (Å²) in [4.78, 5) is 12.0. The van der Waals surface area contributed by atoms with Gasteiger partial charge in [0.2, 0.25) is 0 Å². The number of ether oxygens (including phenoxy) is 1. The van der Waals surface area contributed by atoms with Crippen LogP contribution in [0.5, 0.6) is 0 Å². The second kappa shape index (κ2) is 10.7. The van der Waals surface area contributed by atoms with Crippen LogP contribution in [-0.4, -0.2) is 47.2 Å². The molecule has 0 radical (unpaired) electrons. The number of rotatable bonds is 11. The van der Waals surface area contributed by atoms with Crippen molar-refractivity contribution in [1.29, 1.82) is 0 Å². The third-order valence-electron chi connectivity index (χ3n) is 3.21. The first-order valence-corrected chi connectivity index (χ1v) is 9.85. The fourth-order valence-electron chi connectivity index (χ4n) is 1.85. The van der Waals surface area contributed by atoms with Crippen LogP contribution in [0, 0.1) is 5.92 Å². The number of carbonyl (C=O) groups is 1. The van der Waals surface area contributed by atoms with Crippen molar-refractivity contribution in [2.24, 2.45) is 5.92 Å². The average molecular weight is 371 g/mol. The van der Waals surface area contributed by atoms with Gasteiger partial charge in [-0.25, -0.2) is 0 Å². The van der Waals surface area contributed by atoms with E-state index in [0.717, 1.165) is 19.3 Å². The van der Waals surface area contributed by atoms with Gasteiger partial charge in [-0.3, -0.25) is 4.79 Å². The summed E-state index contributed by atoms with van der Waals surface area (Å²) in [6.45, 7) is 3.94. The highest BCUT2D eigenvalue weighted by atomic mass is 79.9. The minimum atomic E-state index is -2.98. The zero-order valence-electron chi connectivity index (χ0n) is 13.1. The van der Waals surface area contributed by atoms with Crippen molar-refractivity contribution < 1.29 is 22.8 Å². The van der Waals surface area contributed by atoms with Crippen LogP contribution in [0.15, 0.2) is 0 Å². The van der Waals surface area contributed by atoms with Crippen molar-refractivity contribution in [1.82, 2.24) is 0 Å². The summed E-state index contributed by atoms with van der Waals surface area (Å²) in [5, 5.41) is 0.564. The average Bonchev–Trinajstić information content (AvgIpc) is 2.48. The molecule has 20 heavy (non-hydrogen) atoms. The van der Waals surface area contributed by atoms with Gasteiger partial charge in [0.15, 0.2) is 5.73 Å². The molecule has 0 aliphatic carbocycles. The van der Waals surface area contributed by atoms with E-state index in [-0.39, 0.29) is 11.9 Å². The van der Waals surface area contributed by atoms with Gasteiger partial charge in [-0.1, -0.05) is 42.6 Å². The van der Waals surface area contributed by atoms with Crippen molar-refractivity contribution in [2.75, 3.05) is 26.7 Å². The summed E-state index contributed by atoms with van der Waals surface area (Å²) in [5.74, 6) is -0.465. The molecule has 7 heteroatoms. The second-order valence-corrected chi connectivity index (χ2v) is 8.42. The Kier molecular flexibility index (Phi) is 10.8. The van der Waals surface area contributed by atoms with E-state index < -0.39 is 14.5 Å². The van der Waals surface area contributed by atoms with E-state index in [1.54, 1.807) is 0 Å². The van der Waals surface area contributed by atoms with Gasteiger partial charge in [0.1, 0.15) is 0 Å². The van der Waals surface area contributed by atoms with Crippen LogP contribution in [-0.2, 0) is 22.8 Å². The molecular formula is C13H27BrO5Si. The Labute approximate surface area is 131 Å². The molecule has 0 aromatic rings. The molecule has 0 aliphatic rings. The highest BCUT2D eigenvalue weighted by molar-refractivity contribution is 9.09. The number of hydrogen-bond donors (Lipinski definition) is 0. The molecule has 0 N–H and O–H groups in total. The molecule has 5 nitrogen and oxygen atoms in total. The first-order valence-electron chi connectivity index (χ1n) is 6.93. The summed E-state index contributed by atoms with van der Waals surface area (Å²) in [6.07, 6.45) is 3.81. The van der Waals surface area contributed by atoms with E-state index in [9.17, 15) is 4.79 Å². The SMILES string of the molecule is CCCCCC(OC(=O)C(C)CBr)[Si](OC)(OC)OC. The predicted octanol–water partition coefficient (Wildman–Crippen LogP) is 2.93. The van der Waals surface area contributed by atoms with Crippen LogP contribution in [0.25, 0.3) is 0 Å². The van der Waals surface area contributed by atoms with Crippen LogP contribution in [0.2, 0.25) is 0 Å². The normalized spacial score (nSPS) is 14.9. The molecule has 0 spiro atoms. The van der Waals surface area contributed by atoms with Crippen molar-refractivity contribution in [3.63, 3.8) is 0 Å². The van der Waals surface area contributed by atoms with E-state index >= 15 is 0 Å². The van der Waals surface area contributed by atoms with E-state index in [4.69, 9.17) is 18.0 Å². The Hall–Kier alpha value is 0.0469. The summed E-state index contributed by atoms with van der Waals surface area (Å²) in [7, 11) is 1.63. The Morgan fingerprint density at radius 3 is 2.10 bits per heavy atom. The molecule has 0 rings (SSSR count). The van der Waals surface area contributed by atoms with Crippen molar-refractivity contribution in [3.05, 3.63) is 0 Å². The maximum absolute atomic E-state index is 12.0. The minimum absolute atomic E-state index is 0.207.